The Labute approximate surface area is 112 Å². The molecule has 1 rings (SSSR count). The first-order valence-corrected chi connectivity index (χ1v) is 6.68. The Kier molecular flexibility index (Phi) is 5.02. The molecule has 0 atom stereocenters. The lowest BCUT2D eigenvalue weighted by Gasteiger charge is -2.10. The summed E-state index contributed by atoms with van der Waals surface area (Å²) >= 11 is 5.70. The SMILES string of the molecule is NS(=O)(=O)c1ccc(OCCOC(F)(F)F)c(Cl)c1. The molecule has 0 aliphatic heterocycles. The van der Waals surface area contributed by atoms with Gasteiger partial charge in [0.15, 0.2) is 0 Å². The summed E-state index contributed by atoms with van der Waals surface area (Å²) in [5, 5.41) is 4.79. The van der Waals surface area contributed by atoms with Gasteiger partial charge < -0.3 is 4.74 Å². The summed E-state index contributed by atoms with van der Waals surface area (Å²) < 4.78 is 65.4. The summed E-state index contributed by atoms with van der Waals surface area (Å²) in [7, 11) is -3.90. The highest BCUT2D eigenvalue weighted by Gasteiger charge is 2.28. The Morgan fingerprint density at radius 3 is 2.37 bits per heavy atom. The second-order valence-electron chi connectivity index (χ2n) is 3.28. The van der Waals surface area contributed by atoms with Gasteiger partial charge in [-0.1, -0.05) is 11.6 Å². The van der Waals surface area contributed by atoms with Crippen molar-refractivity contribution in [2.24, 2.45) is 5.14 Å². The summed E-state index contributed by atoms with van der Waals surface area (Å²) in [6, 6.07) is 3.35. The van der Waals surface area contributed by atoms with E-state index in [1.54, 1.807) is 0 Å². The Balaban J connectivity index is 2.61. The largest absolute Gasteiger partial charge is 0.522 e. The highest BCUT2D eigenvalue weighted by Crippen LogP contribution is 2.27. The quantitative estimate of drug-likeness (QED) is 0.841. The normalized spacial score (nSPS) is 12.5. The van der Waals surface area contributed by atoms with Crippen LogP contribution in [0.5, 0.6) is 5.75 Å². The number of rotatable bonds is 5. The third-order valence-electron chi connectivity index (χ3n) is 1.84. The van der Waals surface area contributed by atoms with Crippen LogP contribution in [0.2, 0.25) is 5.02 Å². The van der Waals surface area contributed by atoms with Gasteiger partial charge in [0.05, 0.1) is 16.5 Å². The van der Waals surface area contributed by atoms with E-state index < -0.39 is 29.6 Å². The van der Waals surface area contributed by atoms with Gasteiger partial charge in [0, 0.05) is 0 Å². The molecule has 5 nitrogen and oxygen atoms in total. The fraction of sp³-hybridized carbons (Fsp3) is 0.333. The minimum absolute atomic E-state index is 0.0276. The van der Waals surface area contributed by atoms with Gasteiger partial charge in [-0.2, -0.15) is 0 Å². The third kappa shape index (κ3) is 5.64. The molecule has 108 valence electrons. The summed E-state index contributed by atoms with van der Waals surface area (Å²) in [4.78, 5) is -0.226. The summed E-state index contributed by atoms with van der Waals surface area (Å²) in [6.45, 7) is -1.11. The van der Waals surface area contributed by atoms with Crippen LogP contribution in [0.25, 0.3) is 0 Å². The zero-order chi connectivity index (χ0) is 14.7. The number of nitrogens with two attached hydrogens (primary N) is 1. The highest BCUT2D eigenvalue weighted by molar-refractivity contribution is 7.89. The lowest BCUT2D eigenvalue weighted by atomic mass is 10.3. The molecule has 19 heavy (non-hydrogen) atoms. The molecule has 0 aliphatic rings. The zero-order valence-electron chi connectivity index (χ0n) is 9.28. The first kappa shape index (κ1) is 16.0. The summed E-state index contributed by atoms with van der Waals surface area (Å²) in [5.74, 6) is 0.0276. The van der Waals surface area contributed by atoms with Crippen molar-refractivity contribution in [3.63, 3.8) is 0 Å². The van der Waals surface area contributed by atoms with Gasteiger partial charge in [0.1, 0.15) is 12.4 Å². The van der Waals surface area contributed by atoms with Crippen molar-refractivity contribution < 1.29 is 31.1 Å². The van der Waals surface area contributed by atoms with Crippen LogP contribution in [0.15, 0.2) is 23.1 Å². The van der Waals surface area contributed by atoms with E-state index in [0.29, 0.717) is 0 Å². The molecule has 0 heterocycles. The number of halogens is 4. The second-order valence-corrected chi connectivity index (χ2v) is 5.25. The molecule has 0 aromatic heterocycles. The van der Waals surface area contributed by atoms with Gasteiger partial charge in [-0.05, 0) is 18.2 Å². The Morgan fingerprint density at radius 1 is 1.26 bits per heavy atom. The van der Waals surface area contributed by atoms with Crippen LogP contribution in [0.3, 0.4) is 0 Å². The molecule has 0 fully saturated rings. The van der Waals surface area contributed by atoms with Crippen molar-refractivity contribution in [3.05, 3.63) is 23.2 Å². The zero-order valence-corrected chi connectivity index (χ0v) is 10.8. The van der Waals surface area contributed by atoms with Crippen molar-refractivity contribution in [1.82, 2.24) is 0 Å². The van der Waals surface area contributed by atoms with Crippen LogP contribution in [0.4, 0.5) is 13.2 Å². The predicted molar refractivity (Wildman–Crippen MR) is 60.3 cm³/mol. The van der Waals surface area contributed by atoms with Gasteiger partial charge in [0.25, 0.3) is 0 Å². The summed E-state index contributed by atoms with van der Waals surface area (Å²) in [6.07, 6.45) is -4.73. The molecule has 0 spiro atoms. The minimum Gasteiger partial charge on any atom is -0.490 e. The number of hydrogen-bond acceptors (Lipinski definition) is 4. The average Bonchev–Trinajstić information content (AvgIpc) is 2.23. The fourth-order valence-electron chi connectivity index (χ4n) is 1.08. The van der Waals surface area contributed by atoms with Gasteiger partial charge in [-0.25, -0.2) is 13.6 Å². The van der Waals surface area contributed by atoms with Crippen molar-refractivity contribution >= 4 is 21.6 Å². The third-order valence-corrected chi connectivity index (χ3v) is 3.04. The van der Waals surface area contributed by atoms with E-state index in [0.717, 1.165) is 12.1 Å². The van der Waals surface area contributed by atoms with E-state index in [1.807, 2.05) is 0 Å². The van der Waals surface area contributed by atoms with Crippen molar-refractivity contribution in [2.75, 3.05) is 13.2 Å². The van der Waals surface area contributed by atoms with Gasteiger partial charge in [0.2, 0.25) is 10.0 Å². The Morgan fingerprint density at radius 2 is 1.89 bits per heavy atom. The van der Waals surface area contributed by atoms with Crippen molar-refractivity contribution in [3.8, 4) is 5.75 Å². The molecule has 0 aliphatic carbocycles. The molecular formula is C9H9ClF3NO4S. The topological polar surface area (TPSA) is 78.6 Å². The van der Waals surface area contributed by atoms with Gasteiger partial charge in [-0.3, -0.25) is 4.74 Å². The molecule has 2 N–H and O–H groups in total. The number of ether oxygens (including phenoxy) is 2. The first-order valence-electron chi connectivity index (χ1n) is 4.75. The van der Waals surface area contributed by atoms with Gasteiger partial charge >= 0.3 is 6.36 Å². The molecule has 0 amide bonds. The van der Waals surface area contributed by atoms with E-state index in [2.05, 4.69) is 4.74 Å². The fourth-order valence-corrected chi connectivity index (χ4v) is 1.92. The average molecular weight is 320 g/mol. The van der Waals surface area contributed by atoms with E-state index in [9.17, 15) is 21.6 Å². The maximum absolute atomic E-state index is 11.7. The smallest absolute Gasteiger partial charge is 0.490 e. The number of primary sulfonamides is 1. The molecule has 0 unspecified atom stereocenters. The van der Waals surface area contributed by atoms with Crippen LogP contribution in [-0.2, 0) is 14.8 Å². The van der Waals surface area contributed by atoms with Gasteiger partial charge in [-0.15, -0.1) is 13.2 Å². The van der Waals surface area contributed by atoms with E-state index in [4.69, 9.17) is 21.5 Å². The number of sulfonamides is 1. The molecular weight excluding hydrogens is 311 g/mol. The van der Waals surface area contributed by atoms with Crippen molar-refractivity contribution in [2.45, 2.75) is 11.3 Å². The highest BCUT2D eigenvalue weighted by atomic mass is 35.5. The minimum atomic E-state index is -4.73. The number of alkyl halides is 3. The Hall–Kier alpha value is -1.03. The molecule has 0 saturated carbocycles. The standard InChI is InChI=1S/C9H9ClF3NO4S/c10-7-5-6(19(14,15)16)1-2-8(7)17-3-4-18-9(11,12)13/h1-2,5H,3-4H2,(H2,14,15,16). The lowest BCUT2D eigenvalue weighted by Crippen LogP contribution is -2.18. The van der Waals surface area contributed by atoms with E-state index in [1.165, 1.54) is 6.07 Å². The molecule has 10 heteroatoms. The molecule has 1 aromatic carbocycles. The first-order chi connectivity index (χ1) is 8.59. The van der Waals surface area contributed by atoms with Crippen LogP contribution in [0.1, 0.15) is 0 Å². The van der Waals surface area contributed by atoms with Crippen molar-refractivity contribution in [1.29, 1.82) is 0 Å². The summed E-state index contributed by atoms with van der Waals surface area (Å²) in [5.41, 5.74) is 0. The Bertz CT molecular complexity index is 547. The lowest BCUT2D eigenvalue weighted by molar-refractivity contribution is -0.325. The molecule has 0 saturated heterocycles. The van der Waals surface area contributed by atoms with Crippen LogP contribution in [0, 0.1) is 0 Å². The molecule has 0 radical (unpaired) electrons. The van der Waals surface area contributed by atoms with E-state index >= 15 is 0 Å². The monoisotopic (exact) mass is 319 g/mol. The van der Waals surface area contributed by atoms with Crippen LogP contribution < -0.4 is 9.88 Å². The maximum atomic E-state index is 11.7. The van der Waals surface area contributed by atoms with E-state index in [-0.39, 0.29) is 15.7 Å². The molecule has 0 bridgehead atoms. The number of hydrogen-bond donors (Lipinski definition) is 1. The van der Waals surface area contributed by atoms with Crippen LogP contribution >= 0.6 is 11.6 Å². The molecule has 1 aromatic rings. The van der Waals surface area contributed by atoms with Crippen LogP contribution in [-0.4, -0.2) is 28.0 Å². The maximum Gasteiger partial charge on any atom is 0.522 e. The predicted octanol–water partition coefficient (Wildman–Crippen LogP) is 1.90. The number of benzene rings is 1. The second kappa shape index (κ2) is 5.95.